The van der Waals surface area contributed by atoms with Crippen LogP contribution in [0, 0.1) is 5.92 Å². The number of nitrogens with two attached hydrogens (primary N) is 1. The Labute approximate surface area is 110 Å². The molecule has 106 valence electrons. The van der Waals surface area contributed by atoms with Crippen molar-refractivity contribution in [3.8, 4) is 0 Å². The van der Waals surface area contributed by atoms with Gasteiger partial charge in [-0.05, 0) is 58.9 Å². The van der Waals surface area contributed by atoms with E-state index < -0.39 is 11.5 Å². The Kier molecular flexibility index (Phi) is 5.56. The first-order chi connectivity index (χ1) is 8.40. The molecule has 1 atom stereocenters. The smallest absolute Gasteiger partial charge is 0.325 e. The predicted molar refractivity (Wildman–Crippen MR) is 72.6 cm³/mol. The van der Waals surface area contributed by atoms with Crippen LogP contribution in [-0.4, -0.2) is 66.7 Å². The molecule has 0 aromatic rings. The highest BCUT2D eigenvalue weighted by Gasteiger charge is 2.48. The van der Waals surface area contributed by atoms with Crippen LogP contribution in [0.25, 0.3) is 0 Å². The van der Waals surface area contributed by atoms with Crippen molar-refractivity contribution in [2.75, 3.05) is 40.3 Å². The van der Waals surface area contributed by atoms with E-state index in [0.717, 1.165) is 38.9 Å². The van der Waals surface area contributed by atoms with E-state index in [-0.39, 0.29) is 5.92 Å². The maximum Gasteiger partial charge on any atom is 0.325 e. The van der Waals surface area contributed by atoms with Gasteiger partial charge < -0.3 is 20.6 Å². The Morgan fingerprint density at radius 1 is 1.39 bits per heavy atom. The van der Waals surface area contributed by atoms with E-state index in [1.54, 1.807) is 0 Å². The summed E-state index contributed by atoms with van der Waals surface area (Å²) in [6, 6.07) is 0. The van der Waals surface area contributed by atoms with Crippen LogP contribution < -0.4 is 5.73 Å². The molecule has 18 heavy (non-hydrogen) atoms. The summed E-state index contributed by atoms with van der Waals surface area (Å²) in [5, 5.41) is 9.34. The second-order valence-electron chi connectivity index (χ2n) is 5.65. The van der Waals surface area contributed by atoms with Crippen molar-refractivity contribution in [3.63, 3.8) is 0 Å². The molecule has 1 aliphatic rings. The van der Waals surface area contributed by atoms with Crippen LogP contribution in [-0.2, 0) is 4.79 Å². The lowest BCUT2D eigenvalue weighted by atomic mass is 9.94. The van der Waals surface area contributed by atoms with Gasteiger partial charge in [0.2, 0.25) is 0 Å². The second-order valence-corrected chi connectivity index (χ2v) is 5.65. The number of hydrogen-bond acceptors (Lipinski definition) is 4. The van der Waals surface area contributed by atoms with Gasteiger partial charge in [-0.25, -0.2) is 0 Å². The SMILES string of the molecule is CCN(CCCN(C)C)CC(N)(C(=O)O)C1CC1. The van der Waals surface area contributed by atoms with Gasteiger partial charge in [0.05, 0.1) is 0 Å². The monoisotopic (exact) mass is 257 g/mol. The topological polar surface area (TPSA) is 69.8 Å². The fraction of sp³-hybridized carbons (Fsp3) is 0.923. The molecule has 1 saturated carbocycles. The molecule has 0 radical (unpaired) electrons. The van der Waals surface area contributed by atoms with Crippen LogP contribution in [0.15, 0.2) is 0 Å². The molecular formula is C13H27N3O2. The van der Waals surface area contributed by atoms with Gasteiger partial charge in [0, 0.05) is 6.54 Å². The third-order valence-electron chi connectivity index (χ3n) is 3.72. The minimum Gasteiger partial charge on any atom is -0.480 e. The Hall–Kier alpha value is -0.650. The molecule has 0 heterocycles. The average Bonchev–Trinajstić information content (AvgIpc) is 3.10. The molecule has 1 fully saturated rings. The van der Waals surface area contributed by atoms with Crippen LogP contribution in [0.5, 0.6) is 0 Å². The third-order valence-corrected chi connectivity index (χ3v) is 3.72. The first-order valence-corrected chi connectivity index (χ1v) is 6.79. The number of hydrogen-bond donors (Lipinski definition) is 2. The first kappa shape index (κ1) is 15.4. The van der Waals surface area contributed by atoms with Crippen molar-refractivity contribution in [3.05, 3.63) is 0 Å². The van der Waals surface area contributed by atoms with E-state index in [9.17, 15) is 9.90 Å². The summed E-state index contributed by atoms with van der Waals surface area (Å²) in [5.41, 5.74) is 5.05. The summed E-state index contributed by atoms with van der Waals surface area (Å²) in [5.74, 6) is -0.686. The predicted octanol–water partition coefficient (Wildman–Crippen LogP) is 0.452. The lowest BCUT2D eigenvalue weighted by molar-refractivity contribution is -0.145. The highest BCUT2D eigenvalue weighted by molar-refractivity contribution is 5.79. The van der Waals surface area contributed by atoms with E-state index in [4.69, 9.17) is 5.73 Å². The molecular weight excluding hydrogens is 230 g/mol. The van der Waals surface area contributed by atoms with Gasteiger partial charge in [0.25, 0.3) is 0 Å². The molecule has 5 nitrogen and oxygen atoms in total. The number of carboxylic acids is 1. The standard InChI is InChI=1S/C13H27N3O2/c1-4-16(9-5-8-15(2)3)10-13(14,12(17)18)11-6-7-11/h11H,4-10,14H2,1-3H3,(H,17,18). The Bertz CT molecular complexity index is 279. The number of carboxylic acid groups (broad SMARTS) is 1. The van der Waals surface area contributed by atoms with Crippen molar-refractivity contribution >= 4 is 5.97 Å². The van der Waals surface area contributed by atoms with Gasteiger partial charge in [-0.1, -0.05) is 6.92 Å². The van der Waals surface area contributed by atoms with Crippen molar-refractivity contribution in [2.24, 2.45) is 11.7 Å². The summed E-state index contributed by atoms with van der Waals surface area (Å²) < 4.78 is 0. The maximum absolute atomic E-state index is 11.4. The zero-order valence-corrected chi connectivity index (χ0v) is 11.9. The summed E-state index contributed by atoms with van der Waals surface area (Å²) in [6.07, 6.45) is 2.96. The Morgan fingerprint density at radius 3 is 2.39 bits per heavy atom. The average molecular weight is 257 g/mol. The van der Waals surface area contributed by atoms with Gasteiger partial charge >= 0.3 is 5.97 Å². The number of nitrogens with zero attached hydrogens (tertiary/aromatic N) is 2. The van der Waals surface area contributed by atoms with Gasteiger partial charge in [-0.2, -0.15) is 0 Å². The highest BCUT2D eigenvalue weighted by Crippen LogP contribution is 2.38. The molecule has 0 aromatic carbocycles. The molecule has 0 amide bonds. The van der Waals surface area contributed by atoms with Crippen LogP contribution in [0.1, 0.15) is 26.2 Å². The zero-order chi connectivity index (χ0) is 13.8. The van der Waals surface area contributed by atoms with Crippen LogP contribution >= 0.6 is 0 Å². The van der Waals surface area contributed by atoms with Crippen LogP contribution in [0.4, 0.5) is 0 Å². The minimum atomic E-state index is -1.05. The first-order valence-electron chi connectivity index (χ1n) is 6.79. The van der Waals surface area contributed by atoms with Crippen molar-refractivity contribution < 1.29 is 9.90 Å². The van der Waals surface area contributed by atoms with Gasteiger partial charge in [0.1, 0.15) is 5.54 Å². The Balaban J connectivity index is 2.47. The van der Waals surface area contributed by atoms with Crippen LogP contribution in [0.3, 0.4) is 0 Å². The van der Waals surface area contributed by atoms with E-state index >= 15 is 0 Å². The fourth-order valence-corrected chi connectivity index (χ4v) is 2.30. The lowest BCUT2D eigenvalue weighted by Crippen LogP contribution is -2.58. The molecule has 1 rings (SSSR count). The number of likely N-dealkylation sites (N-methyl/N-ethyl adjacent to an activating group) is 1. The molecule has 0 spiro atoms. The molecule has 1 unspecified atom stereocenters. The molecule has 3 N–H and O–H groups in total. The minimum absolute atomic E-state index is 0.165. The van der Waals surface area contributed by atoms with Crippen LogP contribution in [0.2, 0.25) is 0 Å². The maximum atomic E-state index is 11.4. The van der Waals surface area contributed by atoms with E-state index in [0.29, 0.717) is 6.54 Å². The number of carbonyl (C=O) groups is 1. The molecule has 0 saturated heterocycles. The van der Waals surface area contributed by atoms with E-state index in [1.165, 1.54) is 0 Å². The van der Waals surface area contributed by atoms with Gasteiger partial charge in [-0.15, -0.1) is 0 Å². The van der Waals surface area contributed by atoms with Crippen molar-refractivity contribution in [1.82, 2.24) is 9.80 Å². The third kappa shape index (κ3) is 4.23. The van der Waals surface area contributed by atoms with E-state index in [1.807, 2.05) is 14.1 Å². The Morgan fingerprint density at radius 2 is 2.00 bits per heavy atom. The van der Waals surface area contributed by atoms with Gasteiger partial charge in [-0.3, -0.25) is 4.79 Å². The summed E-state index contributed by atoms with van der Waals surface area (Å²) in [7, 11) is 4.09. The molecule has 0 aromatic heterocycles. The largest absolute Gasteiger partial charge is 0.480 e. The second kappa shape index (κ2) is 6.50. The molecule has 0 bridgehead atoms. The van der Waals surface area contributed by atoms with E-state index in [2.05, 4.69) is 16.7 Å². The molecule has 5 heteroatoms. The lowest BCUT2D eigenvalue weighted by Gasteiger charge is -2.32. The fourth-order valence-electron chi connectivity index (χ4n) is 2.30. The summed E-state index contributed by atoms with van der Waals surface area (Å²) in [4.78, 5) is 15.7. The molecule has 1 aliphatic carbocycles. The zero-order valence-electron chi connectivity index (χ0n) is 11.9. The summed E-state index contributed by atoms with van der Waals surface area (Å²) in [6.45, 7) is 5.31. The highest BCUT2D eigenvalue weighted by atomic mass is 16.4. The molecule has 0 aliphatic heterocycles. The van der Waals surface area contributed by atoms with Gasteiger partial charge in [0.15, 0.2) is 0 Å². The quantitative estimate of drug-likeness (QED) is 0.628. The summed E-state index contributed by atoms with van der Waals surface area (Å²) >= 11 is 0. The number of aliphatic carboxylic acids is 1. The normalized spacial score (nSPS) is 19.2. The number of rotatable bonds is 9. The van der Waals surface area contributed by atoms with Crippen molar-refractivity contribution in [2.45, 2.75) is 31.7 Å². The van der Waals surface area contributed by atoms with Crippen molar-refractivity contribution in [1.29, 1.82) is 0 Å².